The lowest BCUT2D eigenvalue weighted by molar-refractivity contribution is 0.448. The Morgan fingerprint density at radius 1 is 1.35 bits per heavy atom. The Hall–Kier alpha value is -1.44. The second-order valence-electron chi connectivity index (χ2n) is 4.70. The van der Waals surface area contributed by atoms with Gasteiger partial charge in [-0.15, -0.1) is 0 Å². The molecule has 0 saturated carbocycles. The number of hydrogen-bond donors (Lipinski definition) is 2. The third-order valence-electron chi connectivity index (χ3n) is 3.10. The van der Waals surface area contributed by atoms with E-state index < -0.39 is 10.2 Å². The summed E-state index contributed by atoms with van der Waals surface area (Å²) in [5.41, 5.74) is 1.74. The van der Waals surface area contributed by atoms with E-state index in [2.05, 4.69) is 14.7 Å². The van der Waals surface area contributed by atoms with Gasteiger partial charge >= 0.3 is 0 Å². The second-order valence-corrected chi connectivity index (χ2v) is 6.56. The number of fused-ring (bicyclic) bond motifs is 1. The van der Waals surface area contributed by atoms with Gasteiger partial charge < -0.3 is 4.98 Å². The van der Waals surface area contributed by atoms with Crippen molar-refractivity contribution in [1.29, 1.82) is 0 Å². The average Bonchev–Trinajstić information content (AvgIpc) is 2.85. The molecule has 110 valence electrons. The van der Waals surface area contributed by atoms with E-state index in [-0.39, 0.29) is 6.54 Å². The van der Waals surface area contributed by atoms with E-state index in [1.54, 1.807) is 7.05 Å². The van der Waals surface area contributed by atoms with Crippen LogP contribution in [0.5, 0.6) is 0 Å². The third-order valence-corrected chi connectivity index (χ3v) is 4.61. The number of imidazole rings is 1. The first kappa shape index (κ1) is 15.0. The van der Waals surface area contributed by atoms with E-state index >= 15 is 0 Å². The molecule has 2 N–H and O–H groups in total. The van der Waals surface area contributed by atoms with Crippen LogP contribution in [0.25, 0.3) is 11.0 Å². The number of nitrogens with one attached hydrogen (secondary N) is 2. The zero-order chi connectivity index (χ0) is 14.6. The number of para-hydroxylation sites is 2. The fourth-order valence-corrected chi connectivity index (χ4v) is 2.77. The second kappa shape index (κ2) is 6.34. The van der Waals surface area contributed by atoms with Gasteiger partial charge in [0.1, 0.15) is 5.82 Å². The van der Waals surface area contributed by atoms with Gasteiger partial charge in [-0.2, -0.15) is 17.4 Å². The van der Waals surface area contributed by atoms with Crippen LogP contribution in [0.15, 0.2) is 24.3 Å². The van der Waals surface area contributed by atoms with Gasteiger partial charge in [0.25, 0.3) is 10.2 Å². The van der Waals surface area contributed by atoms with Crippen molar-refractivity contribution < 1.29 is 8.42 Å². The molecule has 0 radical (unpaired) electrons. The maximum Gasteiger partial charge on any atom is 0.279 e. The molecule has 6 nitrogen and oxygen atoms in total. The fraction of sp³-hybridized carbons (Fsp3) is 0.462. The first-order valence-electron chi connectivity index (χ1n) is 6.67. The van der Waals surface area contributed by atoms with Crippen LogP contribution in [0.1, 0.15) is 25.6 Å². The Bertz CT molecular complexity index is 633. The number of unbranched alkanes of at least 4 members (excludes halogenated alkanes) is 1. The quantitative estimate of drug-likeness (QED) is 0.815. The Morgan fingerprint density at radius 3 is 2.80 bits per heavy atom. The van der Waals surface area contributed by atoms with Gasteiger partial charge in [-0.05, 0) is 18.6 Å². The lowest BCUT2D eigenvalue weighted by atomic mass is 10.3. The maximum absolute atomic E-state index is 12.0. The minimum atomic E-state index is -3.44. The minimum absolute atomic E-state index is 0.160. The van der Waals surface area contributed by atoms with E-state index in [4.69, 9.17) is 0 Å². The summed E-state index contributed by atoms with van der Waals surface area (Å²) in [5.74, 6) is 0.610. The van der Waals surface area contributed by atoms with Gasteiger partial charge in [-0.25, -0.2) is 4.98 Å². The molecular formula is C13H20N4O2S. The summed E-state index contributed by atoms with van der Waals surface area (Å²) in [6.45, 7) is 2.71. The Kier molecular flexibility index (Phi) is 4.74. The van der Waals surface area contributed by atoms with Crippen LogP contribution in [-0.2, 0) is 16.8 Å². The predicted molar refractivity (Wildman–Crippen MR) is 79.4 cm³/mol. The highest BCUT2D eigenvalue weighted by molar-refractivity contribution is 7.87. The molecule has 20 heavy (non-hydrogen) atoms. The number of hydrogen-bond acceptors (Lipinski definition) is 3. The van der Waals surface area contributed by atoms with Crippen molar-refractivity contribution in [2.24, 2.45) is 0 Å². The number of rotatable bonds is 7. The molecule has 1 heterocycles. The summed E-state index contributed by atoms with van der Waals surface area (Å²) in [6.07, 6.45) is 1.81. The summed E-state index contributed by atoms with van der Waals surface area (Å²) < 4.78 is 27.9. The van der Waals surface area contributed by atoms with Gasteiger partial charge in [-0.1, -0.05) is 25.5 Å². The normalized spacial score (nSPS) is 12.3. The number of nitrogens with zero attached hydrogens (tertiary/aromatic N) is 2. The van der Waals surface area contributed by atoms with E-state index in [0.717, 1.165) is 23.9 Å². The summed E-state index contributed by atoms with van der Waals surface area (Å²) in [7, 11) is -1.86. The van der Waals surface area contributed by atoms with Crippen LogP contribution in [0.4, 0.5) is 0 Å². The number of H-pyrrole nitrogens is 1. The zero-order valence-electron chi connectivity index (χ0n) is 11.8. The van der Waals surface area contributed by atoms with E-state index in [1.165, 1.54) is 4.31 Å². The highest BCUT2D eigenvalue weighted by Gasteiger charge is 2.17. The first-order valence-corrected chi connectivity index (χ1v) is 8.11. The van der Waals surface area contributed by atoms with Gasteiger partial charge in [0, 0.05) is 13.6 Å². The standard InChI is InChI=1S/C13H20N4O2S/c1-3-4-9-17(2)20(18,19)14-10-13-15-11-7-5-6-8-12(11)16-13/h5-8,14H,3-4,9-10H2,1-2H3,(H,15,16). The Labute approximate surface area is 119 Å². The molecule has 0 aliphatic heterocycles. The van der Waals surface area contributed by atoms with Gasteiger partial charge in [-0.3, -0.25) is 0 Å². The van der Waals surface area contributed by atoms with Crippen molar-refractivity contribution in [3.05, 3.63) is 30.1 Å². The van der Waals surface area contributed by atoms with Gasteiger partial charge in [0.05, 0.1) is 17.6 Å². The van der Waals surface area contributed by atoms with Crippen LogP contribution < -0.4 is 4.72 Å². The Morgan fingerprint density at radius 2 is 2.10 bits per heavy atom. The van der Waals surface area contributed by atoms with E-state index in [0.29, 0.717) is 12.4 Å². The van der Waals surface area contributed by atoms with Crippen molar-refractivity contribution >= 4 is 21.2 Å². The highest BCUT2D eigenvalue weighted by Crippen LogP contribution is 2.10. The Balaban J connectivity index is 2.00. The number of benzene rings is 1. The van der Waals surface area contributed by atoms with Crippen molar-refractivity contribution in [1.82, 2.24) is 19.0 Å². The largest absolute Gasteiger partial charge is 0.341 e. The van der Waals surface area contributed by atoms with Crippen LogP contribution in [0.2, 0.25) is 0 Å². The van der Waals surface area contributed by atoms with Crippen LogP contribution in [0.3, 0.4) is 0 Å². The smallest absolute Gasteiger partial charge is 0.279 e. The molecule has 0 unspecified atom stereocenters. The molecule has 0 fully saturated rings. The molecule has 0 bridgehead atoms. The maximum atomic E-state index is 12.0. The molecule has 0 aliphatic rings. The molecular weight excluding hydrogens is 276 g/mol. The molecule has 0 aliphatic carbocycles. The van der Waals surface area contributed by atoms with Crippen molar-refractivity contribution in [3.63, 3.8) is 0 Å². The molecule has 7 heteroatoms. The first-order chi connectivity index (χ1) is 9.53. The molecule has 0 amide bonds. The van der Waals surface area contributed by atoms with E-state index in [9.17, 15) is 8.42 Å². The highest BCUT2D eigenvalue weighted by atomic mass is 32.2. The molecule has 2 rings (SSSR count). The molecule has 0 spiro atoms. The third kappa shape index (κ3) is 3.56. The van der Waals surface area contributed by atoms with Crippen molar-refractivity contribution in [2.45, 2.75) is 26.3 Å². The predicted octanol–water partition coefficient (Wildman–Crippen LogP) is 1.63. The lowest BCUT2D eigenvalue weighted by Crippen LogP contribution is -2.38. The summed E-state index contributed by atoms with van der Waals surface area (Å²) in [6, 6.07) is 7.60. The minimum Gasteiger partial charge on any atom is -0.341 e. The number of aromatic amines is 1. The molecule has 2 aromatic rings. The molecule has 1 aromatic carbocycles. The van der Waals surface area contributed by atoms with Gasteiger partial charge in [0.15, 0.2) is 0 Å². The SMILES string of the molecule is CCCCN(C)S(=O)(=O)NCc1nc2ccccc2[nH]1. The molecule has 0 saturated heterocycles. The topological polar surface area (TPSA) is 78.1 Å². The monoisotopic (exact) mass is 296 g/mol. The van der Waals surface area contributed by atoms with Gasteiger partial charge in [0.2, 0.25) is 0 Å². The average molecular weight is 296 g/mol. The van der Waals surface area contributed by atoms with E-state index in [1.807, 2.05) is 31.2 Å². The lowest BCUT2D eigenvalue weighted by Gasteiger charge is -2.16. The summed E-state index contributed by atoms with van der Waals surface area (Å²) >= 11 is 0. The van der Waals surface area contributed by atoms with Crippen molar-refractivity contribution in [3.8, 4) is 0 Å². The van der Waals surface area contributed by atoms with Crippen LogP contribution in [0, 0.1) is 0 Å². The molecule has 1 aromatic heterocycles. The summed E-state index contributed by atoms with van der Waals surface area (Å²) in [5, 5.41) is 0. The van der Waals surface area contributed by atoms with Crippen LogP contribution >= 0.6 is 0 Å². The molecule has 0 atom stereocenters. The summed E-state index contributed by atoms with van der Waals surface area (Å²) in [4.78, 5) is 7.43. The number of aromatic nitrogens is 2. The zero-order valence-corrected chi connectivity index (χ0v) is 12.6. The van der Waals surface area contributed by atoms with Crippen molar-refractivity contribution in [2.75, 3.05) is 13.6 Å². The van der Waals surface area contributed by atoms with Crippen LogP contribution in [-0.4, -0.2) is 36.3 Å². The fourth-order valence-electron chi connectivity index (χ4n) is 1.86.